The molecule has 70 valence electrons. The zero-order valence-corrected chi connectivity index (χ0v) is 11.6. The van der Waals surface area contributed by atoms with Gasteiger partial charge in [-0.3, -0.25) is 0 Å². The molecule has 0 aromatic rings. The second-order valence-corrected chi connectivity index (χ2v) is 15.0. The number of hydrogen-bond donors (Lipinski definition) is 0. The highest BCUT2D eigenvalue weighted by molar-refractivity contribution is 6.90. The number of hydrogen-bond acceptors (Lipinski definition) is 0. The summed E-state index contributed by atoms with van der Waals surface area (Å²) in [6.07, 6.45) is 0. The molecule has 0 unspecified atom stereocenters. The Morgan fingerprint density at radius 2 is 1.25 bits per heavy atom. The van der Waals surface area contributed by atoms with E-state index in [0.717, 1.165) is 5.54 Å². The molecule has 0 aromatic carbocycles. The van der Waals surface area contributed by atoms with E-state index in [1.807, 2.05) is 0 Å². The van der Waals surface area contributed by atoms with Gasteiger partial charge < -0.3 is 0 Å². The van der Waals surface area contributed by atoms with Gasteiger partial charge >= 0.3 is 0 Å². The first-order chi connectivity index (χ1) is 5.15. The average molecular weight is 198 g/mol. The maximum atomic E-state index is 3.55. The maximum absolute atomic E-state index is 3.55. The van der Waals surface area contributed by atoms with E-state index < -0.39 is 16.1 Å². The van der Waals surface area contributed by atoms with Crippen molar-refractivity contribution in [3.05, 3.63) is 0 Å². The van der Waals surface area contributed by atoms with Crippen LogP contribution in [0, 0.1) is 11.1 Å². The first-order valence-corrected chi connectivity index (χ1v) is 11.3. The Balaban J connectivity index is 4.50. The molecule has 0 aliphatic carbocycles. The summed E-state index contributed by atoms with van der Waals surface area (Å²) in [5.41, 5.74) is 7.82. The summed E-state index contributed by atoms with van der Waals surface area (Å²) < 4.78 is 0. The lowest BCUT2D eigenvalue weighted by Crippen LogP contribution is -2.29. The van der Waals surface area contributed by atoms with Gasteiger partial charge in [0.05, 0.1) is 0 Å². The first-order valence-electron chi connectivity index (χ1n) is 4.69. The normalized spacial score (nSPS) is 12.7. The van der Waals surface area contributed by atoms with Crippen LogP contribution in [0.4, 0.5) is 0 Å². The van der Waals surface area contributed by atoms with E-state index in [9.17, 15) is 0 Å². The van der Waals surface area contributed by atoms with E-state index in [0.29, 0.717) is 0 Å². The molecule has 0 aliphatic heterocycles. The van der Waals surface area contributed by atoms with Crippen LogP contribution in [0.15, 0.2) is 0 Å². The van der Waals surface area contributed by atoms with Crippen LogP contribution in [0.25, 0.3) is 0 Å². The average Bonchev–Trinajstić information content (AvgIpc) is 1.82. The zero-order valence-electron chi connectivity index (χ0n) is 9.58. The van der Waals surface area contributed by atoms with Crippen LogP contribution in [0.1, 0.15) is 13.8 Å². The van der Waals surface area contributed by atoms with Crippen molar-refractivity contribution in [3.63, 3.8) is 0 Å². The fraction of sp³-hybridized carbons (Fsp3) is 0.800. The van der Waals surface area contributed by atoms with E-state index >= 15 is 0 Å². The SMILES string of the molecule is CC(C)[Si](C)(C)C#C[Si](C)(C)C. The van der Waals surface area contributed by atoms with Gasteiger partial charge in [0.2, 0.25) is 0 Å². The minimum Gasteiger partial charge on any atom is -0.139 e. The van der Waals surface area contributed by atoms with Gasteiger partial charge in [-0.25, -0.2) is 0 Å². The molecule has 0 saturated carbocycles. The molecular formula is C10H22Si2. The highest BCUT2D eigenvalue weighted by atomic mass is 28.3. The van der Waals surface area contributed by atoms with E-state index in [1.165, 1.54) is 0 Å². The minimum atomic E-state index is -1.22. The lowest BCUT2D eigenvalue weighted by atomic mass is 10.6. The predicted octanol–water partition coefficient (Wildman–Crippen LogP) is 3.52. The molecule has 2 heteroatoms. The molecule has 0 nitrogen and oxygen atoms in total. The van der Waals surface area contributed by atoms with E-state index in [1.54, 1.807) is 0 Å². The van der Waals surface area contributed by atoms with E-state index in [2.05, 4.69) is 57.7 Å². The van der Waals surface area contributed by atoms with Crippen molar-refractivity contribution in [2.45, 2.75) is 52.1 Å². The minimum absolute atomic E-state index is 0.779. The van der Waals surface area contributed by atoms with Crippen LogP contribution in [0.3, 0.4) is 0 Å². The molecule has 0 fully saturated rings. The molecule has 0 spiro atoms. The fourth-order valence-corrected chi connectivity index (χ4v) is 3.57. The van der Waals surface area contributed by atoms with Crippen LogP contribution < -0.4 is 0 Å². The van der Waals surface area contributed by atoms with Crippen molar-refractivity contribution in [2.75, 3.05) is 0 Å². The van der Waals surface area contributed by atoms with Gasteiger partial charge in [-0.2, -0.15) is 0 Å². The maximum Gasteiger partial charge on any atom is 0.134 e. The smallest absolute Gasteiger partial charge is 0.134 e. The zero-order chi connectivity index (χ0) is 9.99. The molecular weight excluding hydrogens is 176 g/mol. The monoisotopic (exact) mass is 198 g/mol. The Bertz CT molecular complexity index is 198. The molecule has 0 saturated heterocycles. The summed E-state index contributed by atoms with van der Waals surface area (Å²) in [7, 11) is -2.36. The summed E-state index contributed by atoms with van der Waals surface area (Å²) in [5, 5.41) is 0. The van der Waals surface area contributed by atoms with Gasteiger partial charge in [-0.15, -0.1) is 11.1 Å². The molecule has 0 radical (unpaired) electrons. The fourth-order valence-electron chi connectivity index (χ4n) is 0.493. The molecule has 0 bridgehead atoms. The predicted molar refractivity (Wildman–Crippen MR) is 63.7 cm³/mol. The van der Waals surface area contributed by atoms with Crippen molar-refractivity contribution in [3.8, 4) is 11.1 Å². The lowest BCUT2D eigenvalue weighted by molar-refractivity contribution is 1.03. The standard InChI is InChI=1S/C10H22Si2/c1-10(2)12(6,7)9-8-11(3,4)5/h10H,1-7H3. The topological polar surface area (TPSA) is 0 Å². The lowest BCUT2D eigenvalue weighted by Gasteiger charge is -2.20. The largest absolute Gasteiger partial charge is 0.139 e. The Morgan fingerprint density at radius 3 is 1.50 bits per heavy atom. The van der Waals surface area contributed by atoms with Crippen molar-refractivity contribution in [2.24, 2.45) is 0 Å². The second-order valence-electron chi connectivity index (χ2n) is 5.38. The van der Waals surface area contributed by atoms with Crippen molar-refractivity contribution in [1.82, 2.24) is 0 Å². The van der Waals surface area contributed by atoms with Gasteiger partial charge in [0.25, 0.3) is 0 Å². The van der Waals surface area contributed by atoms with Gasteiger partial charge in [-0.05, 0) is 5.54 Å². The van der Waals surface area contributed by atoms with Gasteiger partial charge in [0, 0.05) is 0 Å². The van der Waals surface area contributed by atoms with Gasteiger partial charge in [0.1, 0.15) is 16.1 Å². The number of rotatable bonds is 1. The van der Waals surface area contributed by atoms with E-state index in [4.69, 9.17) is 0 Å². The summed E-state index contributed by atoms with van der Waals surface area (Å²) in [6, 6.07) is 0. The van der Waals surface area contributed by atoms with Gasteiger partial charge in [0.15, 0.2) is 0 Å². The third-order valence-electron chi connectivity index (χ3n) is 2.20. The molecule has 0 aromatic heterocycles. The quantitative estimate of drug-likeness (QED) is 0.447. The molecule has 0 heterocycles. The Kier molecular flexibility index (Phi) is 3.80. The summed E-state index contributed by atoms with van der Waals surface area (Å²) in [6.45, 7) is 16.3. The molecule has 12 heavy (non-hydrogen) atoms. The molecule has 0 N–H and O–H groups in total. The molecule has 0 amide bonds. The Morgan fingerprint density at radius 1 is 0.833 bits per heavy atom. The van der Waals surface area contributed by atoms with Crippen molar-refractivity contribution < 1.29 is 0 Å². The van der Waals surface area contributed by atoms with Crippen LogP contribution in [0.2, 0.25) is 38.3 Å². The molecule has 0 rings (SSSR count). The Labute approximate surface area is 79.8 Å². The highest BCUT2D eigenvalue weighted by Crippen LogP contribution is 2.19. The van der Waals surface area contributed by atoms with Crippen molar-refractivity contribution in [1.29, 1.82) is 0 Å². The highest BCUT2D eigenvalue weighted by Gasteiger charge is 2.23. The summed E-state index contributed by atoms with van der Waals surface area (Å²) in [5.74, 6) is 0. The van der Waals surface area contributed by atoms with Crippen molar-refractivity contribution >= 4 is 16.1 Å². The Hall–Kier alpha value is -0.00623. The van der Waals surface area contributed by atoms with Crippen LogP contribution in [-0.4, -0.2) is 16.1 Å². The van der Waals surface area contributed by atoms with Gasteiger partial charge in [-0.1, -0.05) is 46.6 Å². The molecule has 0 atom stereocenters. The summed E-state index contributed by atoms with van der Waals surface area (Å²) in [4.78, 5) is 0. The van der Waals surface area contributed by atoms with Crippen LogP contribution in [0.5, 0.6) is 0 Å². The third kappa shape index (κ3) is 4.79. The second kappa shape index (κ2) is 3.80. The first kappa shape index (κ1) is 12.0. The third-order valence-corrected chi connectivity index (χ3v) is 6.98. The van der Waals surface area contributed by atoms with E-state index in [-0.39, 0.29) is 0 Å². The van der Waals surface area contributed by atoms with Crippen LogP contribution in [-0.2, 0) is 0 Å². The molecule has 0 aliphatic rings. The summed E-state index contributed by atoms with van der Waals surface area (Å²) >= 11 is 0. The van der Waals surface area contributed by atoms with Crippen LogP contribution >= 0.6 is 0 Å².